The van der Waals surface area contributed by atoms with Crippen LogP contribution in [0.15, 0.2) is 22.6 Å². The maximum atomic E-state index is 12.7. The summed E-state index contributed by atoms with van der Waals surface area (Å²) in [6, 6.07) is -0.346. The molecule has 1 aliphatic rings. The SMILES string of the molecule is CC1C(F)=CC(Br)=CN1N. The lowest BCUT2D eigenvalue weighted by atomic mass is 10.2. The number of halogens is 2. The Morgan fingerprint density at radius 3 is 2.90 bits per heavy atom. The first-order chi connectivity index (χ1) is 4.61. The van der Waals surface area contributed by atoms with Crippen LogP contribution in [0, 0.1) is 0 Å². The molecule has 56 valence electrons. The summed E-state index contributed by atoms with van der Waals surface area (Å²) >= 11 is 3.12. The van der Waals surface area contributed by atoms with E-state index in [0.29, 0.717) is 4.48 Å². The summed E-state index contributed by atoms with van der Waals surface area (Å²) in [6.07, 6.45) is 3.04. The highest BCUT2D eigenvalue weighted by molar-refractivity contribution is 9.11. The van der Waals surface area contributed by atoms with Crippen molar-refractivity contribution in [2.24, 2.45) is 5.84 Å². The minimum absolute atomic E-state index is 0.225. The van der Waals surface area contributed by atoms with Crippen LogP contribution in [0.1, 0.15) is 6.92 Å². The van der Waals surface area contributed by atoms with Crippen molar-refractivity contribution in [3.63, 3.8) is 0 Å². The van der Waals surface area contributed by atoms with Gasteiger partial charge in [-0.2, -0.15) is 0 Å². The summed E-state index contributed by atoms with van der Waals surface area (Å²) < 4.78 is 13.4. The largest absolute Gasteiger partial charge is 0.308 e. The van der Waals surface area contributed by atoms with Crippen molar-refractivity contribution in [2.75, 3.05) is 0 Å². The molecule has 0 bridgehead atoms. The molecule has 10 heavy (non-hydrogen) atoms. The molecule has 0 aromatic rings. The zero-order valence-electron chi connectivity index (χ0n) is 5.51. The van der Waals surface area contributed by atoms with Gasteiger partial charge in [-0.15, -0.1) is 0 Å². The van der Waals surface area contributed by atoms with Gasteiger partial charge in [-0.25, -0.2) is 10.2 Å². The van der Waals surface area contributed by atoms with Gasteiger partial charge in [-0.05, 0) is 28.9 Å². The monoisotopic (exact) mass is 206 g/mol. The number of allylic oxidation sites excluding steroid dienone is 2. The highest BCUT2D eigenvalue weighted by Crippen LogP contribution is 2.21. The van der Waals surface area contributed by atoms with Gasteiger partial charge in [-0.3, -0.25) is 0 Å². The Balaban J connectivity index is 2.85. The topological polar surface area (TPSA) is 29.3 Å². The average Bonchev–Trinajstić information content (AvgIpc) is 1.82. The zero-order valence-corrected chi connectivity index (χ0v) is 7.10. The van der Waals surface area contributed by atoms with Gasteiger partial charge in [0.1, 0.15) is 5.83 Å². The van der Waals surface area contributed by atoms with Gasteiger partial charge in [-0.1, -0.05) is 0 Å². The number of nitrogens with zero attached hydrogens (tertiary/aromatic N) is 1. The average molecular weight is 207 g/mol. The predicted octanol–water partition coefficient (Wildman–Crippen LogP) is 1.65. The normalized spacial score (nSPS) is 26.0. The predicted molar refractivity (Wildman–Crippen MR) is 41.7 cm³/mol. The number of hydrogen-bond acceptors (Lipinski definition) is 2. The quantitative estimate of drug-likeness (QED) is 0.612. The molecule has 0 saturated carbocycles. The Morgan fingerprint density at radius 2 is 2.40 bits per heavy atom. The molecule has 0 saturated heterocycles. The standard InChI is InChI=1S/C6H8BrFN2/c1-4-6(8)2-5(7)3-10(4)9/h2-4H,9H2,1H3. The van der Waals surface area contributed by atoms with Crippen LogP contribution >= 0.6 is 15.9 Å². The lowest BCUT2D eigenvalue weighted by Crippen LogP contribution is -2.36. The lowest BCUT2D eigenvalue weighted by molar-refractivity contribution is 0.293. The molecule has 0 aromatic carbocycles. The van der Waals surface area contributed by atoms with E-state index in [1.165, 1.54) is 11.1 Å². The molecule has 1 heterocycles. The molecule has 2 nitrogen and oxygen atoms in total. The molecule has 4 heteroatoms. The van der Waals surface area contributed by atoms with Gasteiger partial charge in [0, 0.05) is 10.7 Å². The third-order valence-electron chi connectivity index (χ3n) is 1.39. The number of nitrogens with two attached hydrogens (primary N) is 1. The van der Waals surface area contributed by atoms with E-state index in [2.05, 4.69) is 15.9 Å². The highest BCUT2D eigenvalue weighted by atomic mass is 79.9. The molecule has 0 fully saturated rings. The Labute approximate surface area is 67.3 Å². The minimum atomic E-state index is -0.346. The number of hydrogen-bond donors (Lipinski definition) is 1. The second-order valence-corrected chi connectivity index (χ2v) is 3.08. The molecule has 1 rings (SSSR count). The summed E-state index contributed by atoms with van der Waals surface area (Å²) in [5.74, 6) is 5.18. The summed E-state index contributed by atoms with van der Waals surface area (Å²) in [6.45, 7) is 1.70. The fourth-order valence-corrected chi connectivity index (χ4v) is 1.14. The van der Waals surface area contributed by atoms with E-state index in [-0.39, 0.29) is 11.9 Å². The van der Waals surface area contributed by atoms with Crippen molar-refractivity contribution in [1.29, 1.82) is 0 Å². The van der Waals surface area contributed by atoms with Crippen molar-refractivity contribution < 1.29 is 4.39 Å². The molecule has 2 N–H and O–H groups in total. The Bertz CT molecular complexity index is 200. The van der Waals surface area contributed by atoms with E-state index in [0.717, 1.165) is 0 Å². The van der Waals surface area contributed by atoms with E-state index < -0.39 is 0 Å². The van der Waals surface area contributed by atoms with Crippen molar-refractivity contribution in [1.82, 2.24) is 5.01 Å². The maximum Gasteiger partial charge on any atom is 0.125 e. The number of hydrazine groups is 1. The van der Waals surface area contributed by atoms with E-state index >= 15 is 0 Å². The summed E-state index contributed by atoms with van der Waals surface area (Å²) in [4.78, 5) is 0. The summed E-state index contributed by atoms with van der Waals surface area (Å²) in [7, 11) is 0. The molecule has 0 spiro atoms. The van der Waals surface area contributed by atoms with Gasteiger partial charge in [0.05, 0.1) is 6.04 Å². The molecular formula is C6H8BrFN2. The zero-order chi connectivity index (χ0) is 7.72. The van der Waals surface area contributed by atoms with Gasteiger partial charge >= 0.3 is 0 Å². The van der Waals surface area contributed by atoms with Crippen molar-refractivity contribution in [2.45, 2.75) is 13.0 Å². The molecule has 1 aliphatic heterocycles. The minimum Gasteiger partial charge on any atom is -0.308 e. The van der Waals surface area contributed by atoms with Crippen LogP contribution in [0.4, 0.5) is 4.39 Å². The van der Waals surface area contributed by atoms with E-state index in [9.17, 15) is 4.39 Å². The van der Waals surface area contributed by atoms with Gasteiger partial charge in [0.15, 0.2) is 0 Å². The third-order valence-corrected chi connectivity index (χ3v) is 1.83. The first-order valence-corrected chi connectivity index (χ1v) is 3.68. The van der Waals surface area contributed by atoms with Crippen molar-refractivity contribution in [3.05, 3.63) is 22.6 Å². The third kappa shape index (κ3) is 1.38. The van der Waals surface area contributed by atoms with Crippen molar-refractivity contribution >= 4 is 15.9 Å². The first-order valence-electron chi connectivity index (χ1n) is 2.88. The van der Waals surface area contributed by atoms with E-state index in [4.69, 9.17) is 5.84 Å². The molecule has 0 aromatic heterocycles. The number of rotatable bonds is 0. The van der Waals surface area contributed by atoms with Gasteiger partial charge in [0.2, 0.25) is 0 Å². The smallest absolute Gasteiger partial charge is 0.125 e. The van der Waals surface area contributed by atoms with Crippen LogP contribution in [-0.2, 0) is 0 Å². The Morgan fingerprint density at radius 1 is 1.80 bits per heavy atom. The van der Waals surface area contributed by atoms with E-state index in [1.807, 2.05) is 0 Å². The Kier molecular flexibility index (Phi) is 2.11. The van der Waals surface area contributed by atoms with Crippen LogP contribution in [0.2, 0.25) is 0 Å². The van der Waals surface area contributed by atoms with Crippen molar-refractivity contribution in [3.8, 4) is 0 Å². The van der Waals surface area contributed by atoms with Crippen LogP contribution in [0.5, 0.6) is 0 Å². The molecule has 0 aliphatic carbocycles. The molecular weight excluding hydrogens is 199 g/mol. The molecule has 0 amide bonds. The summed E-state index contributed by atoms with van der Waals surface area (Å²) in [5, 5.41) is 1.32. The Hall–Kier alpha value is -0.350. The van der Waals surface area contributed by atoms with Gasteiger partial charge < -0.3 is 5.01 Å². The maximum absolute atomic E-state index is 12.7. The fourth-order valence-electron chi connectivity index (χ4n) is 0.686. The van der Waals surface area contributed by atoms with Crippen LogP contribution < -0.4 is 5.84 Å². The summed E-state index contributed by atoms with van der Waals surface area (Å²) in [5.41, 5.74) is 0. The van der Waals surface area contributed by atoms with Crippen LogP contribution in [-0.4, -0.2) is 11.1 Å². The fraction of sp³-hybridized carbons (Fsp3) is 0.333. The molecule has 0 radical (unpaired) electrons. The van der Waals surface area contributed by atoms with Crippen LogP contribution in [0.25, 0.3) is 0 Å². The second-order valence-electron chi connectivity index (χ2n) is 2.17. The second kappa shape index (κ2) is 2.72. The molecule has 1 atom stereocenters. The van der Waals surface area contributed by atoms with Gasteiger partial charge in [0.25, 0.3) is 0 Å². The van der Waals surface area contributed by atoms with Crippen LogP contribution in [0.3, 0.4) is 0 Å². The lowest BCUT2D eigenvalue weighted by Gasteiger charge is -2.24. The first kappa shape index (κ1) is 7.75. The highest BCUT2D eigenvalue weighted by Gasteiger charge is 2.16. The van der Waals surface area contributed by atoms with E-state index in [1.54, 1.807) is 13.1 Å². The molecule has 1 unspecified atom stereocenters.